The summed E-state index contributed by atoms with van der Waals surface area (Å²) < 4.78 is 0. The van der Waals surface area contributed by atoms with Crippen molar-refractivity contribution in [2.45, 2.75) is 33.6 Å². The lowest BCUT2D eigenvalue weighted by atomic mass is 10.0. The molecular weight excluding hydrogens is 354 g/mol. The summed E-state index contributed by atoms with van der Waals surface area (Å²) in [5.41, 5.74) is 3.04. The summed E-state index contributed by atoms with van der Waals surface area (Å²) in [4.78, 5) is 37.0. The number of piperazine rings is 1. The van der Waals surface area contributed by atoms with Crippen LogP contribution in [-0.2, 0) is 4.79 Å². The molecule has 28 heavy (non-hydrogen) atoms. The maximum atomic E-state index is 12.7. The first kappa shape index (κ1) is 19.8. The van der Waals surface area contributed by atoms with Crippen LogP contribution in [0.1, 0.15) is 48.4 Å². The van der Waals surface area contributed by atoms with Crippen LogP contribution in [-0.4, -0.2) is 52.9 Å². The Morgan fingerprint density at radius 1 is 1.04 bits per heavy atom. The van der Waals surface area contributed by atoms with Crippen LogP contribution >= 0.6 is 0 Å². The van der Waals surface area contributed by atoms with E-state index in [1.807, 2.05) is 36.1 Å². The molecule has 2 aromatic rings. The van der Waals surface area contributed by atoms with Gasteiger partial charge in [-0.3, -0.25) is 9.59 Å². The summed E-state index contributed by atoms with van der Waals surface area (Å²) in [6.07, 6.45) is 0. The third-order valence-electron chi connectivity index (χ3n) is 4.92. The van der Waals surface area contributed by atoms with Crippen molar-refractivity contribution < 1.29 is 9.59 Å². The van der Waals surface area contributed by atoms with Crippen molar-refractivity contribution in [1.29, 1.82) is 0 Å². The molecule has 2 amide bonds. The number of hydrogen-bond donors (Lipinski definition) is 1. The Bertz CT molecular complexity index is 856. The van der Waals surface area contributed by atoms with Gasteiger partial charge in [-0.15, -0.1) is 0 Å². The van der Waals surface area contributed by atoms with Gasteiger partial charge in [0.05, 0.1) is 0 Å². The van der Waals surface area contributed by atoms with Gasteiger partial charge in [-0.1, -0.05) is 26.0 Å². The fourth-order valence-corrected chi connectivity index (χ4v) is 3.18. The number of aryl methyl sites for hydroxylation is 1. The van der Waals surface area contributed by atoms with Gasteiger partial charge < -0.3 is 15.1 Å². The molecule has 1 aromatic carbocycles. The third-order valence-corrected chi connectivity index (χ3v) is 4.92. The van der Waals surface area contributed by atoms with E-state index in [0.29, 0.717) is 43.7 Å². The first-order valence-electron chi connectivity index (χ1n) is 9.61. The number of amides is 2. The molecule has 0 aliphatic carbocycles. The summed E-state index contributed by atoms with van der Waals surface area (Å²) in [6.45, 7) is 10.3. The standard InChI is InChI=1S/C21H27N5O2/c1-14(2)17-5-7-18(8-6-17)23-20(28)19-13-15(3)22-21(24-19)26-11-9-25(10-12-26)16(4)27/h5-8,13-14H,9-12H2,1-4H3,(H,23,28). The Morgan fingerprint density at radius 3 is 2.25 bits per heavy atom. The van der Waals surface area contributed by atoms with E-state index in [1.165, 1.54) is 5.56 Å². The number of nitrogens with one attached hydrogen (secondary N) is 1. The Morgan fingerprint density at radius 2 is 1.68 bits per heavy atom. The van der Waals surface area contributed by atoms with E-state index in [4.69, 9.17) is 0 Å². The average molecular weight is 381 g/mol. The van der Waals surface area contributed by atoms with Gasteiger partial charge >= 0.3 is 0 Å². The maximum absolute atomic E-state index is 12.7. The summed E-state index contributed by atoms with van der Waals surface area (Å²) in [7, 11) is 0. The van der Waals surface area contributed by atoms with Gasteiger partial charge in [0.25, 0.3) is 5.91 Å². The van der Waals surface area contributed by atoms with Crippen LogP contribution in [0.3, 0.4) is 0 Å². The van der Waals surface area contributed by atoms with Gasteiger partial charge in [0.15, 0.2) is 0 Å². The van der Waals surface area contributed by atoms with Crippen molar-refractivity contribution in [1.82, 2.24) is 14.9 Å². The molecule has 1 aliphatic rings. The lowest BCUT2D eigenvalue weighted by molar-refractivity contribution is -0.129. The van der Waals surface area contributed by atoms with E-state index >= 15 is 0 Å². The molecule has 148 valence electrons. The Kier molecular flexibility index (Phi) is 5.92. The molecule has 2 heterocycles. The van der Waals surface area contributed by atoms with Gasteiger partial charge in [-0.2, -0.15) is 0 Å². The van der Waals surface area contributed by atoms with E-state index in [1.54, 1.807) is 17.9 Å². The fraction of sp³-hybridized carbons (Fsp3) is 0.429. The van der Waals surface area contributed by atoms with Crippen LogP contribution in [0.5, 0.6) is 0 Å². The lowest BCUT2D eigenvalue weighted by Gasteiger charge is -2.34. The maximum Gasteiger partial charge on any atom is 0.274 e. The molecule has 7 heteroatoms. The molecule has 7 nitrogen and oxygen atoms in total. The van der Waals surface area contributed by atoms with Crippen LogP contribution < -0.4 is 10.2 Å². The molecule has 1 saturated heterocycles. The largest absolute Gasteiger partial charge is 0.339 e. The van der Waals surface area contributed by atoms with Crippen molar-refractivity contribution in [3.05, 3.63) is 47.3 Å². The number of benzene rings is 1. The normalized spacial score (nSPS) is 14.3. The quantitative estimate of drug-likeness (QED) is 0.881. The van der Waals surface area contributed by atoms with Crippen LogP contribution in [0.2, 0.25) is 0 Å². The third kappa shape index (κ3) is 4.65. The fourth-order valence-electron chi connectivity index (χ4n) is 3.18. The van der Waals surface area contributed by atoms with Crippen molar-refractivity contribution in [2.75, 3.05) is 36.4 Å². The highest BCUT2D eigenvalue weighted by Crippen LogP contribution is 2.18. The lowest BCUT2D eigenvalue weighted by Crippen LogP contribution is -2.48. The SMILES string of the molecule is CC(=O)N1CCN(c2nc(C)cc(C(=O)Nc3ccc(C(C)C)cc3)n2)CC1. The number of carbonyl (C=O) groups excluding carboxylic acids is 2. The van der Waals surface area contributed by atoms with Gasteiger partial charge in [0.1, 0.15) is 5.69 Å². The summed E-state index contributed by atoms with van der Waals surface area (Å²) in [5, 5.41) is 2.90. The Balaban J connectivity index is 1.72. The minimum Gasteiger partial charge on any atom is -0.339 e. The van der Waals surface area contributed by atoms with Crippen molar-refractivity contribution in [3.63, 3.8) is 0 Å². The minimum atomic E-state index is -0.258. The molecule has 0 spiro atoms. The number of carbonyl (C=O) groups is 2. The molecule has 0 atom stereocenters. The van der Waals surface area contributed by atoms with Gasteiger partial charge in [-0.25, -0.2) is 9.97 Å². The number of rotatable bonds is 4. The monoisotopic (exact) mass is 381 g/mol. The van der Waals surface area contributed by atoms with E-state index in [9.17, 15) is 9.59 Å². The first-order valence-corrected chi connectivity index (χ1v) is 9.61. The zero-order valence-corrected chi connectivity index (χ0v) is 16.9. The second-order valence-corrected chi connectivity index (χ2v) is 7.42. The number of anilines is 2. The molecule has 1 aliphatic heterocycles. The molecule has 0 unspecified atom stereocenters. The first-order chi connectivity index (χ1) is 13.3. The van der Waals surface area contributed by atoms with Crippen molar-refractivity contribution in [2.24, 2.45) is 0 Å². The van der Waals surface area contributed by atoms with Crippen LogP contribution in [0.4, 0.5) is 11.6 Å². The minimum absolute atomic E-state index is 0.0772. The van der Waals surface area contributed by atoms with Crippen molar-refractivity contribution in [3.8, 4) is 0 Å². The molecular formula is C21H27N5O2. The highest BCUT2D eigenvalue weighted by Gasteiger charge is 2.22. The molecule has 1 fully saturated rings. The zero-order chi connectivity index (χ0) is 20.3. The molecule has 1 N–H and O–H groups in total. The summed E-state index contributed by atoms with van der Waals surface area (Å²) in [6, 6.07) is 9.54. The number of aromatic nitrogens is 2. The Hall–Kier alpha value is -2.96. The summed E-state index contributed by atoms with van der Waals surface area (Å²) >= 11 is 0. The molecule has 3 rings (SSSR count). The zero-order valence-electron chi connectivity index (χ0n) is 16.9. The topological polar surface area (TPSA) is 78.4 Å². The van der Waals surface area contributed by atoms with Gasteiger partial charge in [0, 0.05) is 44.5 Å². The number of nitrogens with zero attached hydrogens (tertiary/aromatic N) is 4. The molecule has 0 radical (unpaired) electrons. The van der Waals surface area contributed by atoms with Crippen LogP contribution in [0.15, 0.2) is 30.3 Å². The van der Waals surface area contributed by atoms with Gasteiger partial charge in [-0.05, 0) is 36.6 Å². The number of hydrogen-bond acceptors (Lipinski definition) is 5. The van der Waals surface area contributed by atoms with E-state index in [-0.39, 0.29) is 11.8 Å². The van der Waals surface area contributed by atoms with E-state index < -0.39 is 0 Å². The molecule has 0 bridgehead atoms. The smallest absolute Gasteiger partial charge is 0.274 e. The highest BCUT2D eigenvalue weighted by molar-refractivity contribution is 6.03. The highest BCUT2D eigenvalue weighted by atomic mass is 16.2. The second kappa shape index (κ2) is 8.37. The average Bonchev–Trinajstić information content (AvgIpc) is 2.68. The molecule has 1 aromatic heterocycles. The predicted octanol–water partition coefficient (Wildman–Crippen LogP) is 2.83. The van der Waals surface area contributed by atoms with Crippen molar-refractivity contribution >= 4 is 23.5 Å². The van der Waals surface area contributed by atoms with Crippen LogP contribution in [0, 0.1) is 6.92 Å². The predicted molar refractivity (Wildman–Crippen MR) is 110 cm³/mol. The Labute approximate surface area is 165 Å². The second-order valence-electron chi connectivity index (χ2n) is 7.42. The van der Waals surface area contributed by atoms with Gasteiger partial charge in [0.2, 0.25) is 11.9 Å². The van der Waals surface area contributed by atoms with E-state index in [0.717, 1.165) is 11.4 Å². The summed E-state index contributed by atoms with van der Waals surface area (Å²) in [5.74, 6) is 0.795. The van der Waals surface area contributed by atoms with Crippen LogP contribution in [0.25, 0.3) is 0 Å². The molecule has 0 saturated carbocycles. The van der Waals surface area contributed by atoms with E-state index in [2.05, 4.69) is 29.1 Å².